The van der Waals surface area contributed by atoms with E-state index in [0.29, 0.717) is 30.0 Å². The average Bonchev–Trinajstić information content (AvgIpc) is 2.99. The van der Waals surface area contributed by atoms with Gasteiger partial charge in [0.2, 0.25) is 0 Å². The molecule has 1 aromatic carbocycles. The highest BCUT2D eigenvalue weighted by molar-refractivity contribution is 6.30. The van der Waals surface area contributed by atoms with Crippen LogP contribution in [0, 0.1) is 11.8 Å². The summed E-state index contributed by atoms with van der Waals surface area (Å²) in [5.74, 6) is -0.259. The van der Waals surface area contributed by atoms with Gasteiger partial charge in [-0.05, 0) is 37.0 Å². The van der Waals surface area contributed by atoms with E-state index in [-0.39, 0.29) is 18.4 Å². The molecule has 6 nitrogen and oxygen atoms in total. The molecule has 1 saturated carbocycles. The molecule has 1 unspecified atom stereocenters. The molecule has 1 fully saturated rings. The van der Waals surface area contributed by atoms with Crippen LogP contribution in [0.3, 0.4) is 0 Å². The van der Waals surface area contributed by atoms with E-state index in [1.165, 1.54) is 13.2 Å². The van der Waals surface area contributed by atoms with Gasteiger partial charge < -0.3 is 24.8 Å². The van der Waals surface area contributed by atoms with E-state index in [9.17, 15) is 20.1 Å². The summed E-state index contributed by atoms with van der Waals surface area (Å²) in [6, 6.07) is 6.92. The van der Waals surface area contributed by atoms with Crippen LogP contribution in [0.2, 0.25) is 5.02 Å². The third-order valence-corrected chi connectivity index (χ3v) is 5.23. The first kappa shape index (κ1) is 24.2. The number of halogens is 1. The third-order valence-electron chi connectivity index (χ3n) is 4.99. The molecule has 3 N–H and O–H groups in total. The zero-order chi connectivity index (χ0) is 21.9. The molecule has 0 aliphatic heterocycles. The minimum Gasteiger partial charge on any atom is -0.491 e. The summed E-state index contributed by atoms with van der Waals surface area (Å²) in [5.41, 5.74) is 0. The van der Waals surface area contributed by atoms with E-state index in [0.717, 1.165) is 0 Å². The molecular formula is C23H29ClO6. The molecule has 1 aromatic rings. The topological polar surface area (TPSA) is 96.2 Å². The number of carbonyl (C=O) groups is 1. The maximum atomic E-state index is 11.0. The highest BCUT2D eigenvalue weighted by Crippen LogP contribution is 2.36. The lowest BCUT2D eigenvalue weighted by Crippen LogP contribution is -2.21. The van der Waals surface area contributed by atoms with Crippen molar-refractivity contribution in [2.24, 2.45) is 11.8 Å². The summed E-state index contributed by atoms with van der Waals surface area (Å²) in [6.45, 7) is 0.0549. The summed E-state index contributed by atoms with van der Waals surface area (Å²) in [4.78, 5) is 11.0. The Morgan fingerprint density at radius 3 is 2.80 bits per heavy atom. The minimum absolute atomic E-state index is 0.0549. The molecule has 7 heteroatoms. The number of hydrogen-bond acceptors (Lipinski definition) is 6. The van der Waals surface area contributed by atoms with E-state index >= 15 is 0 Å². The number of rotatable bonds is 10. The molecule has 0 radical (unpaired) electrons. The van der Waals surface area contributed by atoms with E-state index in [4.69, 9.17) is 16.3 Å². The molecule has 1 aliphatic rings. The second-order valence-corrected chi connectivity index (χ2v) is 7.64. The molecular weight excluding hydrogens is 408 g/mol. The molecule has 1 aliphatic carbocycles. The van der Waals surface area contributed by atoms with Gasteiger partial charge >= 0.3 is 5.97 Å². The van der Waals surface area contributed by atoms with Crippen LogP contribution >= 0.6 is 11.6 Å². The minimum atomic E-state index is -0.853. The maximum absolute atomic E-state index is 11.0. The van der Waals surface area contributed by atoms with Gasteiger partial charge in [0.1, 0.15) is 18.5 Å². The predicted molar refractivity (Wildman–Crippen MR) is 115 cm³/mol. The van der Waals surface area contributed by atoms with Crippen LogP contribution in [-0.4, -0.2) is 53.3 Å². The SMILES string of the molecule is COC(=O)C=CCC=CC[C@@H]1[C@@H](C=CC(O)COc2cccc(Cl)c2)[C@H](O)C[C@@H]1O. The van der Waals surface area contributed by atoms with Crippen LogP contribution < -0.4 is 4.74 Å². The van der Waals surface area contributed by atoms with E-state index in [2.05, 4.69) is 4.74 Å². The van der Waals surface area contributed by atoms with Crippen LogP contribution in [0.4, 0.5) is 0 Å². The van der Waals surface area contributed by atoms with Crippen molar-refractivity contribution in [3.63, 3.8) is 0 Å². The van der Waals surface area contributed by atoms with Crippen molar-refractivity contribution >= 4 is 17.6 Å². The third kappa shape index (κ3) is 7.95. The Morgan fingerprint density at radius 1 is 1.27 bits per heavy atom. The van der Waals surface area contributed by atoms with Gasteiger partial charge in [0, 0.05) is 23.4 Å². The van der Waals surface area contributed by atoms with Crippen LogP contribution in [-0.2, 0) is 9.53 Å². The van der Waals surface area contributed by atoms with Crippen molar-refractivity contribution in [1.29, 1.82) is 0 Å². The number of benzene rings is 1. The second-order valence-electron chi connectivity index (χ2n) is 7.20. The molecule has 0 amide bonds. The zero-order valence-corrected chi connectivity index (χ0v) is 17.7. The van der Waals surface area contributed by atoms with Crippen molar-refractivity contribution in [2.45, 2.75) is 37.6 Å². The smallest absolute Gasteiger partial charge is 0.330 e. The molecule has 164 valence electrons. The van der Waals surface area contributed by atoms with Gasteiger partial charge in [-0.25, -0.2) is 4.79 Å². The Hall–Kier alpha value is -2.12. The largest absolute Gasteiger partial charge is 0.491 e. The van der Waals surface area contributed by atoms with E-state index in [1.54, 1.807) is 42.5 Å². The van der Waals surface area contributed by atoms with Gasteiger partial charge in [0.25, 0.3) is 0 Å². The average molecular weight is 437 g/mol. The first-order valence-electron chi connectivity index (χ1n) is 9.91. The Bertz CT molecular complexity index is 760. The van der Waals surface area contributed by atoms with Crippen LogP contribution in [0.5, 0.6) is 5.75 Å². The van der Waals surface area contributed by atoms with E-state index in [1.807, 2.05) is 12.2 Å². The fraction of sp³-hybridized carbons (Fsp3) is 0.435. The molecule has 0 spiro atoms. The number of ether oxygens (including phenoxy) is 2. The van der Waals surface area contributed by atoms with Crippen molar-refractivity contribution in [1.82, 2.24) is 0 Å². The number of aliphatic hydroxyl groups excluding tert-OH is 3. The summed E-state index contributed by atoms with van der Waals surface area (Å²) in [5, 5.41) is 31.3. The number of aliphatic hydroxyl groups is 3. The summed E-state index contributed by atoms with van der Waals surface area (Å²) >= 11 is 5.91. The lowest BCUT2D eigenvalue weighted by molar-refractivity contribution is -0.134. The maximum Gasteiger partial charge on any atom is 0.330 e. The van der Waals surface area contributed by atoms with Crippen LogP contribution in [0.25, 0.3) is 0 Å². The number of hydrogen-bond donors (Lipinski definition) is 3. The van der Waals surface area contributed by atoms with Gasteiger partial charge in [-0.1, -0.05) is 48.0 Å². The fourth-order valence-electron chi connectivity index (χ4n) is 3.42. The molecule has 30 heavy (non-hydrogen) atoms. The predicted octanol–water partition coefficient (Wildman–Crippen LogP) is 3.06. The van der Waals surface area contributed by atoms with E-state index < -0.39 is 24.3 Å². The normalized spacial score (nSPS) is 25.4. The van der Waals surface area contributed by atoms with Crippen molar-refractivity contribution < 1.29 is 29.6 Å². The number of carbonyl (C=O) groups excluding carboxylic acids is 1. The monoisotopic (exact) mass is 436 g/mol. The number of esters is 1. The lowest BCUT2D eigenvalue weighted by atomic mass is 9.89. The summed E-state index contributed by atoms with van der Waals surface area (Å²) in [6.07, 6.45) is 9.51. The number of methoxy groups -OCH3 is 1. The Balaban J connectivity index is 1.85. The summed E-state index contributed by atoms with van der Waals surface area (Å²) in [7, 11) is 1.32. The molecule has 0 bridgehead atoms. The zero-order valence-electron chi connectivity index (χ0n) is 16.9. The van der Waals surface area contributed by atoms with Crippen molar-refractivity contribution in [3.8, 4) is 5.75 Å². The molecule has 0 aromatic heterocycles. The van der Waals surface area contributed by atoms with Gasteiger partial charge in [-0.15, -0.1) is 0 Å². The van der Waals surface area contributed by atoms with Gasteiger partial charge in [-0.2, -0.15) is 0 Å². The standard InChI is InChI=1S/C23H29ClO6/c1-29-23(28)10-5-3-2-4-9-19-20(22(27)14-21(19)26)12-11-17(25)15-30-18-8-6-7-16(24)13-18/h2,4-8,10-13,17,19-22,25-27H,3,9,14-15H2,1H3/t17?,19-,20-,21+,22-/m1/s1. The summed E-state index contributed by atoms with van der Waals surface area (Å²) < 4.78 is 10.0. The molecule has 0 saturated heterocycles. The Kier molecular flexibility index (Phi) is 10.1. The molecule has 2 rings (SSSR count). The van der Waals surface area contributed by atoms with Crippen LogP contribution in [0.1, 0.15) is 19.3 Å². The molecule has 0 heterocycles. The first-order chi connectivity index (χ1) is 14.4. The van der Waals surface area contributed by atoms with Crippen molar-refractivity contribution in [2.75, 3.05) is 13.7 Å². The first-order valence-corrected chi connectivity index (χ1v) is 10.3. The van der Waals surface area contributed by atoms with Crippen LogP contribution in [0.15, 0.2) is 60.7 Å². The number of allylic oxidation sites excluding steroid dienone is 3. The van der Waals surface area contributed by atoms with Gasteiger partial charge in [0.15, 0.2) is 0 Å². The Labute approximate surface area is 182 Å². The van der Waals surface area contributed by atoms with Gasteiger partial charge in [0.05, 0.1) is 19.3 Å². The van der Waals surface area contributed by atoms with Crippen molar-refractivity contribution in [3.05, 3.63) is 65.7 Å². The van der Waals surface area contributed by atoms with Gasteiger partial charge in [-0.3, -0.25) is 0 Å². The molecule has 5 atom stereocenters. The highest BCUT2D eigenvalue weighted by atomic mass is 35.5. The Morgan fingerprint density at radius 2 is 2.07 bits per heavy atom. The fourth-order valence-corrected chi connectivity index (χ4v) is 3.60. The quantitative estimate of drug-likeness (QED) is 0.296. The second kappa shape index (κ2) is 12.5. The lowest BCUT2D eigenvalue weighted by Gasteiger charge is -2.19. The highest BCUT2D eigenvalue weighted by Gasteiger charge is 2.39.